The van der Waals surface area contributed by atoms with Crippen LogP contribution in [0.3, 0.4) is 0 Å². The molecular weight excluding hydrogens is 268 g/mol. The molecule has 3 nitrogen and oxygen atoms in total. The van der Waals surface area contributed by atoms with E-state index in [1.54, 1.807) is 0 Å². The molecule has 1 aromatic rings. The fraction of sp³-hybridized carbons (Fsp3) is 0.562. The van der Waals surface area contributed by atoms with Gasteiger partial charge in [-0.2, -0.15) is 11.8 Å². The van der Waals surface area contributed by atoms with E-state index in [4.69, 9.17) is 5.73 Å². The molecule has 1 saturated carbocycles. The van der Waals surface area contributed by atoms with E-state index in [1.165, 1.54) is 6.42 Å². The standard InChI is InChI=1S/C16H24N2OS/c1-2-20-14-9-8-13(10-14)18-16(19)11-15(17)12-6-4-3-5-7-12/h3-7,13-15H,2,8-11,17H2,1H3,(H,18,19). The van der Waals surface area contributed by atoms with E-state index >= 15 is 0 Å². The molecule has 1 aromatic carbocycles. The third-order valence-corrected chi connectivity index (χ3v) is 5.02. The Morgan fingerprint density at radius 3 is 2.85 bits per heavy atom. The predicted octanol–water partition coefficient (Wildman–Crippen LogP) is 2.87. The maximum absolute atomic E-state index is 12.0. The fourth-order valence-corrected chi connectivity index (χ4v) is 3.91. The number of nitrogens with two attached hydrogens (primary N) is 1. The SMILES string of the molecule is CCSC1CCC(NC(=O)CC(N)c2ccccc2)C1. The third kappa shape index (κ3) is 4.53. The van der Waals surface area contributed by atoms with E-state index < -0.39 is 0 Å². The summed E-state index contributed by atoms with van der Waals surface area (Å²) in [7, 11) is 0. The summed E-state index contributed by atoms with van der Waals surface area (Å²) in [6, 6.07) is 9.95. The molecule has 0 saturated heterocycles. The van der Waals surface area contributed by atoms with Gasteiger partial charge in [-0.25, -0.2) is 0 Å². The maximum atomic E-state index is 12.0. The molecule has 3 unspecified atom stereocenters. The van der Waals surface area contributed by atoms with Gasteiger partial charge in [0.05, 0.1) is 0 Å². The Labute approximate surface area is 125 Å². The monoisotopic (exact) mass is 292 g/mol. The van der Waals surface area contributed by atoms with Gasteiger partial charge in [-0.1, -0.05) is 37.3 Å². The predicted molar refractivity (Wildman–Crippen MR) is 85.7 cm³/mol. The quantitative estimate of drug-likeness (QED) is 0.847. The first-order valence-corrected chi connectivity index (χ1v) is 8.45. The summed E-state index contributed by atoms with van der Waals surface area (Å²) in [6.07, 6.45) is 3.79. The number of nitrogens with one attached hydrogen (secondary N) is 1. The van der Waals surface area contributed by atoms with Crippen molar-refractivity contribution < 1.29 is 4.79 Å². The molecule has 2 rings (SSSR count). The van der Waals surface area contributed by atoms with Crippen molar-refractivity contribution in [3.05, 3.63) is 35.9 Å². The number of carbonyl (C=O) groups is 1. The van der Waals surface area contributed by atoms with E-state index in [-0.39, 0.29) is 11.9 Å². The first-order valence-electron chi connectivity index (χ1n) is 7.40. The van der Waals surface area contributed by atoms with Gasteiger partial charge >= 0.3 is 0 Å². The zero-order chi connectivity index (χ0) is 14.4. The summed E-state index contributed by atoms with van der Waals surface area (Å²) < 4.78 is 0. The second-order valence-electron chi connectivity index (χ2n) is 5.38. The van der Waals surface area contributed by atoms with Crippen LogP contribution in [0.25, 0.3) is 0 Å². The highest BCUT2D eigenvalue weighted by molar-refractivity contribution is 7.99. The smallest absolute Gasteiger partial charge is 0.222 e. The van der Waals surface area contributed by atoms with Gasteiger partial charge in [-0.3, -0.25) is 4.79 Å². The van der Waals surface area contributed by atoms with Crippen molar-refractivity contribution in [1.82, 2.24) is 5.32 Å². The number of hydrogen-bond donors (Lipinski definition) is 2. The number of amides is 1. The molecule has 1 aliphatic rings. The van der Waals surface area contributed by atoms with Crippen LogP contribution >= 0.6 is 11.8 Å². The minimum absolute atomic E-state index is 0.0773. The summed E-state index contributed by atoms with van der Waals surface area (Å²) in [4.78, 5) is 12.0. The van der Waals surface area contributed by atoms with E-state index in [0.717, 1.165) is 24.2 Å². The van der Waals surface area contributed by atoms with Crippen molar-refractivity contribution >= 4 is 17.7 Å². The summed E-state index contributed by atoms with van der Waals surface area (Å²) >= 11 is 2.00. The zero-order valence-electron chi connectivity index (χ0n) is 12.0. The maximum Gasteiger partial charge on any atom is 0.222 e. The summed E-state index contributed by atoms with van der Waals surface area (Å²) in [5.41, 5.74) is 7.10. The van der Waals surface area contributed by atoms with Crippen LogP contribution in [0.5, 0.6) is 0 Å². The van der Waals surface area contributed by atoms with Gasteiger partial charge in [-0.05, 0) is 30.6 Å². The normalized spacial score (nSPS) is 23.5. The van der Waals surface area contributed by atoms with Crippen molar-refractivity contribution in [2.45, 2.75) is 49.9 Å². The van der Waals surface area contributed by atoms with Gasteiger partial charge in [-0.15, -0.1) is 0 Å². The van der Waals surface area contributed by atoms with Gasteiger partial charge in [0.2, 0.25) is 5.91 Å². The molecule has 1 amide bonds. The first kappa shape index (κ1) is 15.4. The Balaban J connectivity index is 1.76. The van der Waals surface area contributed by atoms with Crippen LogP contribution in [0.15, 0.2) is 30.3 Å². The second-order valence-corrected chi connectivity index (χ2v) is 6.95. The summed E-state index contributed by atoms with van der Waals surface area (Å²) in [6.45, 7) is 2.19. The van der Waals surface area contributed by atoms with Gasteiger partial charge < -0.3 is 11.1 Å². The van der Waals surface area contributed by atoms with E-state index in [1.807, 2.05) is 42.1 Å². The molecule has 0 spiro atoms. The van der Waals surface area contributed by atoms with Crippen LogP contribution in [0.1, 0.15) is 44.2 Å². The van der Waals surface area contributed by atoms with Crippen molar-refractivity contribution in [2.75, 3.05) is 5.75 Å². The van der Waals surface area contributed by atoms with Gasteiger partial charge in [0.25, 0.3) is 0 Å². The first-order chi connectivity index (χ1) is 9.69. The summed E-state index contributed by atoms with van der Waals surface area (Å²) in [5, 5.41) is 3.85. The molecule has 3 atom stereocenters. The largest absolute Gasteiger partial charge is 0.353 e. The van der Waals surface area contributed by atoms with Crippen molar-refractivity contribution in [3.63, 3.8) is 0 Å². The lowest BCUT2D eigenvalue weighted by Crippen LogP contribution is -2.35. The topological polar surface area (TPSA) is 55.1 Å². The molecule has 1 aliphatic carbocycles. The molecule has 0 aromatic heterocycles. The Kier molecular flexibility index (Phi) is 5.92. The van der Waals surface area contributed by atoms with Crippen LogP contribution in [0.2, 0.25) is 0 Å². The fourth-order valence-electron chi connectivity index (χ4n) is 2.76. The molecule has 0 heterocycles. The Bertz CT molecular complexity index is 424. The molecular formula is C16H24N2OS. The molecule has 3 N–H and O–H groups in total. The van der Waals surface area contributed by atoms with E-state index in [2.05, 4.69) is 12.2 Å². The van der Waals surface area contributed by atoms with Crippen LogP contribution in [0.4, 0.5) is 0 Å². The van der Waals surface area contributed by atoms with Crippen LogP contribution in [-0.4, -0.2) is 23.0 Å². The van der Waals surface area contributed by atoms with Crippen LogP contribution in [-0.2, 0) is 4.79 Å². The number of hydrogen-bond acceptors (Lipinski definition) is 3. The van der Waals surface area contributed by atoms with Crippen molar-refractivity contribution in [1.29, 1.82) is 0 Å². The Morgan fingerprint density at radius 2 is 2.15 bits per heavy atom. The van der Waals surface area contributed by atoms with Crippen molar-refractivity contribution in [2.24, 2.45) is 5.73 Å². The van der Waals surface area contributed by atoms with Crippen LogP contribution in [0, 0.1) is 0 Å². The molecule has 110 valence electrons. The van der Waals surface area contributed by atoms with E-state index in [0.29, 0.717) is 17.7 Å². The van der Waals surface area contributed by atoms with Gasteiger partial charge in [0, 0.05) is 23.8 Å². The van der Waals surface area contributed by atoms with Crippen molar-refractivity contribution in [3.8, 4) is 0 Å². The van der Waals surface area contributed by atoms with Gasteiger partial charge in [0.15, 0.2) is 0 Å². The average molecular weight is 292 g/mol. The molecule has 4 heteroatoms. The molecule has 0 radical (unpaired) electrons. The molecule has 0 aliphatic heterocycles. The number of thioether (sulfide) groups is 1. The third-order valence-electron chi connectivity index (χ3n) is 3.79. The number of rotatable bonds is 6. The highest BCUT2D eigenvalue weighted by Gasteiger charge is 2.26. The number of benzene rings is 1. The molecule has 20 heavy (non-hydrogen) atoms. The Morgan fingerprint density at radius 1 is 1.40 bits per heavy atom. The lowest BCUT2D eigenvalue weighted by molar-refractivity contribution is -0.122. The lowest BCUT2D eigenvalue weighted by Gasteiger charge is -2.16. The minimum Gasteiger partial charge on any atom is -0.353 e. The van der Waals surface area contributed by atoms with E-state index in [9.17, 15) is 4.79 Å². The average Bonchev–Trinajstić information content (AvgIpc) is 2.87. The second kappa shape index (κ2) is 7.70. The Hall–Kier alpha value is -1.00. The summed E-state index contributed by atoms with van der Waals surface area (Å²) in [5.74, 6) is 1.23. The zero-order valence-corrected chi connectivity index (χ0v) is 12.9. The molecule has 0 bridgehead atoms. The van der Waals surface area contributed by atoms with Crippen LogP contribution < -0.4 is 11.1 Å². The lowest BCUT2D eigenvalue weighted by atomic mass is 10.0. The van der Waals surface area contributed by atoms with Gasteiger partial charge in [0.1, 0.15) is 0 Å². The highest BCUT2D eigenvalue weighted by atomic mass is 32.2. The number of carbonyl (C=O) groups excluding carboxylic acids is 1. The molecule has 1 fully saturated rings. The highest BCUT2D eigenvalue weighted by Crippen LogP contribution is 2.29. The minimum atomic E-state index is -0.210.